The number of fused-ring (bicyclic) bond motifs is 2. The van der Waals surface area contributed by atoms with Crippen LogP contribution in [0, 0.1) is 0 Å². The minimum atomic E-state index is -3.71. The highest BCUT2D eigenvalue weighted by atomic mass is 32.2. The average molecular weight is 428 g/mol. The second kappa shape index (κ2) is 7.59. The molecule has 0 spiro atoms. The smallest absolute Gasteiger partial charge is 0.259 e. The summed E-state index contributed by atoms with van der Waals surface area (Å²) >= 11 is 0. The molecule has 2 saturated heterocycles. The summed E-state index contributed by atoms with van der Waals surface area (Å²) in [7, 11) is -3.71. The molecule has 2 aromatic rings. The van der Waals surface area contributed by atoms with Gasteiger partial charge in [0.2, 0.25) is 10.0 Å². The number of ether oxygens (including phenoxy) is 1. The number of nitrogens with zero attached hydrogens (tertiary/aromatic N) is 2. The summed E-state index contributed by atoms with van der Waals surface area (Å²) in [6.45, 7) is 2.63. The molecule has 1 N–H and O–H groups in total. The zero-order valence-corrected chi connectivity index (χ0v) is 17.6. The summed E-state index contributed by atoms with van der Waals surface area (Å²) in [6, 6.07) is 10.5. The Hall–Kier alpha value is -2.58. The molecular weight excluding hydrogens is 402 g/mol. The Morgan fingerprint density at radius 2 is 1.57 bits per heavy atom. The first-order valence-electron chi connectivity index (χ1n) is 10.6. The standard InChI is InChI=1S/C22H25N3O4S/c26-22-16-14-21(30(27,28)25-12-4-1-5-13-25)18(24-10-6-7-11-24)15-20(16)29-19-9-3-2-8-17(19)23-22/h2-3,8-9,14-15H,1,4-7,10-13H2,(H,23,26). The number of carbonyl (C=O) groups excluding carboxylic acids is 1. The maximum atomic E-state index is 13.6. The number of carbonyl (C=O) groups is 1. The van der Waals surface area contributed by atoms with Gasteiger partial charge in [0.25, 0.3) is 5.91 Å². The molecule has 0 aliphatic carbocycles. The lowest BCUT2D eigenvalue weighted by molar-refractivity contribution is 0.102. The molecule has 0 saturated carbocycles. The minimum absolute atomic E-state index is 0.203. The van der Waals surface area contributed by atoms with Crippen molar-refractivity contribution >= 4 is 27.3 Å². The fraction of sp³-hybridized carbons (Fsp3) is 0.409. The fourth-order valence-electron chi connectivity index (χ4n) is 4.43. The molecule has 0 radical (unpaired) electrons. The third-order valence-electron chi connectivity index (χ3n) is 6.04. The molecule has 30 heavy (non-hydrogen) atoms. The third kappa shape index (κ3) is 3.33. The molecule has 158 valence electrons. The van der Waals surface area contributed by atoms with E-state index in [1.165, 1.54) is 6.07 Å². The SMILES string of the molecule is O=C1Nc2ccccc2Oc2cc(N3CCCC3)c(S(=O)(=O)N3CCCCC3)cc21. The van der Waals surface area contributed by atoms with Gasteiger partial charge in [-0.1, -0.05) is 18.6 Å². The van der Waals surface area contributed by atoms with Crippen molar-refractivity contribution in [2.24, 2.45) is 0 Å². The van der Waals surface area contributed by atoms with E-state index in [4.69, 9.17) is 4.74 Å². The Morgan fingerprint density at radius 3 is 2.33 bits per heavy atom. The van der Waals surface area contributed by atoms with Crippen molar-refractivity contribution in [3.63, 3.8) is 0 Å². The highest BCUT2D eigenvalue weighted by Crippen LogP contribution is 2.41. The second-order valence-corrected chi connectivity index (χ2v) is 9.93. The Kier molecular flexibility index (Phi) is 4.91. The fourth-order valence-corrected chi connectivity index (χ4v) is 6.17. The van der Waals surface area contributed by atoms with Gasteiger partial charge in [-0.3, -0.25) is 4.79 Å². The zero-order valence-electron chi connectivity index (χ0n) is 16.8. The first kappa shape index (κ1) is 19.4. The number of benzene rings is 2. The van der Waals surface area contributed by atoms with Crippen LogP contribution in [0.3, 0.4) is 0 Å². The molecule has 3 aliphatic rings. The molecule has 0 atom stereocenters. The van der Waals surface area contributed by atoms with Crippen LogP contribution in [0.5, 0.6) is 11.5 Å². The molecule has 3 aliphatic heterocycles. The predicted octanol–water partition coefficient (Wildman–Crippen LogP) is 3.82. The van der Waals surface area contributed by atoms with Gasteiger partial charge in [0.1, 0.15) is 10.6 Å². The summed E-state index contributed by atoms with van der Waals surface area (Å²) in [4.78, 5) is 15.2. The van der Waals surface area contributed by atoms with Gasteiger partial charge < -0.3 is 15.0 Å². The Morgan fingerprint density at radius 1 is 0.867 bits per heavy atom. The Labute approximate surface area is 176 Å². The third-order valence-corrected chi connectivity index (χ3v) is 7.97. The van der Waals surface area contributed by atoms with Crippen LogP contribution in [0.2, 0.25) is 0 Å². The summed E-state index contributed by atoms with van der Waals surface area (Å²) in [5, 5.41) is 2.84. The van der Waals surface area contributed by atoms with Crippen LogP contribution < -0.4 is 15.0 Å². The molecule has 5 rings (SSSR count). The van der Waals surface area contributed by atoms with Crippen molar-refractivity contribution in [1.29, 1.82) is 0 Å². The maximum Gasteiger partial charge on any atom is 0.259 e. The van der Waals surface area contributed by atoms with E-state index in [0.29, 0.717) is 36.0 Å². The van der Waals surface area contributed by atoms with Gasteiger partial charge >= 0.3 is 0 Å². The molecule has 2 fully saturated rings. The van der Waals surface area contributed by atoms with E-state index < -0.39 is 10.0 Å². The van der Waals surface area contributed by atoms with Crippen molar-refractivity contribution in [3.05, 3.63) is 42.0 Å². The van der Waals surface area contributed by atoms with Gasteiger partial charge in [-0.2, -0.15) is 4.31 Å². The summed E-state index contributed by atoms with van der Waals surface area (Å²) in [5.41, 5.74) is 1.44. The number of nitrogens with one attached hydrogen (secondary N) is 1. The molecule has 0 aromatic heterocycles. The van der Waals surface area contributed by atoms with Crippen molar-refractivity contribution < 1.29 is 17.9 Å². The largest absolute Gasteiger partial charge is 0.454 e. The maximum absolute atomic E-state index is 13.6. The normalized spacial score (nSPS) is 19.5. The number of para-hydroxylation sites is 2. The molecule has 0 unspecified atom stereocenters. The Bertz CT molecular complexity index is 1090. The molecule has 7 nitrogen and oxygen atoms in total. The minimum Gasteiger partial charge on any atom is -0.454 e. The van der Waals surface area contributed by atoms with Crippen molar-refractivity contribution in [1.82, 2.24) is 4.31 Å². The van der Waals surface area contributed by atoms with E-state index in [1.807, 2.05) is 12.1 Å². The van der Waals surface area contributed by atoms with Crippen LogP contribution in [-0.2, 0) is 10.0 Å². The lowest BCUT2D eigenvalue weighted by Gasteiger charge is -2.29. The summed E-state index contributed by atoms with van der Waals surface area (Å²) in [6.07, 6.45) is 4.81. The molecule has 1 amide bonds. The molecule has 3 heterocycles. The predicted molar refractivity (Wildman–Crippen MR) is 115 cm³/mol. The van der Waals surface area contributed by atoms with Crippen LogP contribution in [0.15, 0.2) is 41.3 Å². The van der Waals surface area contributed by atoms with E-state index in [-0.39, 0.29) is 16.4 Å². The quantitative estimate of drug-likeness (QED) is 0.806. The molecule has 2 aromatic carbocycles. The van der Waals surface area contributed by atoms with E-state index in [2.05, 4.69) is 10.2 Å². The summed E-state index contributed by atoms with van der Waals surface area (Å²) in [5.74, 6) is 0.568. The number of piperidine rings is 1. The Balaban J connectivity index is 1.66. The van der Waals surface area contributed by atoms with E-state index in [9.17, 15) is 13.2 Å². The average Bonchev–Trinajstić information content (AvgIpc) is 3.25. The summed E-state index contributed by atoms with van der Waals surface area (Å²) < 4.78 is 34.8. The number of amides is 1. The monoisotopic (exact) mass is 427 g/mol. The highest BCUT2D eigenvalue weighted by Gasteiger charge is 2.34. The molecular formula is C22H25N3O4S. The zero-order chi connectivity index (χ0) is 20.7. The van der Waals surface area contributed by atoms with Crippen LogP contribution in [0.4, 0.5) is 11.4 Å². The van der Waals surface area contributed by atoms with E-state index >= 15 is 0 Å². The topological polar surface area (TPSA) is 79.0 Å². The number of anilines is 2. The van der Waals surface area contributed by atoms with Gasteiger partial charge in [0.15, 0.2) is 5.75 Å². The first-order chi connectivity index (χ1) is 14.5. The molecule has 8 heteroatoms. The number of rotatable bonds is 3. The van der Waals surface area contributed by atoms with Crippen molar-refractivity contribution in [3.8, 4) is 11.5 Å². The number of hydrogen-bond donors (Lipinski definition) is 1. The second-order valence-electron chi connectivity index (χ2n) is 8.03. The number of hydrogen-bond acceptors (Lipinski definition) is 5. The van der Waals surface area contributed by atoms with Gasteiger partial charge in [0, 0.05) is 32.2 Å². The van der Waals surface area contributed by atoms with Gasteiger partial charge in [0.05, 0.1) is 16.9 Å². The highest BCUT2D eigenvalue weighted by molar-refractivity contribution is 7.89. The van der Waals surface area contributed by atoms with E-state index in [0.717, 1.165) is 45.2 Å². The molecule has 0 bridgehead atoms. The first-order valence-corrected chi connectivity index (χ1v) is 12.0. The van der Waals surface area contributed by atoms with Crippen LogP contribution in [-0.4, -0.2) is 44.8 Å². The lowest BCUT2D eigenvalue weighted by atomic mass is 10.1. The lowest BCUT2D eigenvalue weighted by Crippen LogP contribution is -2.36. The van der Waals surface area contributed by atoms with Crippen LogP contribution >= 0.6 is 0 Å². The van der Waals surface area contributed by atoms with Gasteiger partial charge in [-0.25, -0.2) is 8.42 Å². The van der Waals surface area contributed by atoms with E-state index in [1.54, 1.807) is 22.5 Å². The van der Waals surface area contributed by atoms with Gasteiger partial charge in [-0.05, 0) is 43.9 Å². The van der Waals surface area contributed by atoms with Crippen LogP contribution in [0.1, 0.15) is 42.5 Å². The van der Waals surface area contributed by atoms with Gasteiger partial charge in [-0.15, -0.1) is 0 Å². The van der Waals surface area contributed by atoms with Crippen molar-refractivity contribution in [2.75, 3.05) is 36.4 Å². The number of sulfonamides is 1. The van der Waals surface area contributed by atoms with Crippen molar-refractivity contribution in [2.45, 2.75) is 37.0 Å². The van der Waals surface area contributed by atoms with Crippen LogP contribution in [0.25, 0.3) is 0 Å².